The maximum atomic E-state index is 13.5. The zero-order valence-electron chi connectivity index (χ0n) is 18.6. The van der Waals surface area contributed by atoms with E-state index in [1.54, 1.807) is 30.3 Å². The van der Waals surface area contributed by atoms with Crippen LogP contribution in [-0.2, 0) is 14.8 Å². The molecule has 162 valence electrons. The number of carbonyl (C=O) groups is 1. The first kappa shape index (κ1) is 22.6. The Labute approximate surface area is 184 Å². The van der Waals surface area contributed by atoms with Crippen molar-refractivity contribution in [2.24, 2.45) is 0 Å². The van der Waals surface area contributed by atoms with Gasteiger partial charge < -0.3 is 5.32 Å². The van der Waals surface area contributed by atoms with Crippen molar-refractivity contribution in [3.05, 3.63) is 88.5 Å². The highest BCUT2D eigenvalue weighted by molar-refractivity contribution is 7.92. The average Bonchev–Trinajstić information content (AvgIpc) is 2.70. The minimum atomic E-state index is -3.94. The van der Waals surface area contributed by atoms with Gasteiger partial charge in [-0.15, -0.1) is 0 Å². The summed E-state index contributed by atoms with van der Waals surface area (Å²) in [4.78, 5) is 13.1. The van der Waals surface area contributed by atoms with Crippen LogP contribution in [0.1, 0.15) is 27.8 Å². The van der Waals surface area contributed by atoms with Gasteiger partial charge in [0.25, 0.3) is 10.0 Å². The number of aryl methyl sites for hydroxylation is 5. The van der Waals surface area contributed by atoms with Crippen LogP contribution in [0.3, 0.4) is 0 Å². The van der Waals surface area contributed by atoms with Crippen molar-refractivity contribution in [2.45, 2.75) is 39.5 Å². The summed E-state index contributed by atoms with van der Waals surface area (Å²) in [6, 6.07) is 17.9. The van der Waals surface area contributed by atoms with Crippen molar-refractivity contribution in [1.29, 1.82) is 0 Å². The number of hydrogen-bond acceptors (Lipinski definition) is 3. The van der Waals surface area contributed by atoms with E-state index in [-0.39, 0.29) is 11.4 Å². The van der Waals surface area contributed by atoms with E-state index in [0.717, 1.165) is 27.8 Å². The fourth-order valence-corrected chi connectivity index (χ4v) is 4.90. The molecule has 0 saturated heterocycles. The monoisotopic (exact) mass is 436 g/mol. The first-order chi connectivity index (χ1) is 14.6. The number of nitrogens with zero attached hydrogens (tertiary/aromatic N) is 1. The van der Waals surface area contributed by atoms with Crippen LogP contribution in [0.4, 0.5) is 11.4 Å². The van der Waals surface area contributed by atoms with E-state index >= 15 is 0 Å². The Balaban J connectivity index is 2.00. The van der Waals surface area contributed by atoms with Gasteiger partial charge in [0.1, 0.15) is 6.54 Å². The van der Waals surface area contributed by atoms with E-state index in [2.05, 4.69) is 5.32 Å². The maximum Gasteiger partial charge on any atom is 0.264 e. The summed E-state index contributed by atoms with van der Waals surface area (Å²) in [5.41, 5.74) is 5.87. The quantitative estimate of drug-likeness (QED) is 0.587. The minimum absolute atomic E-state index is 0.151. The second-order valence-electron chi connectivity index (χ2n) is 7.98. The molecule has 3 aromatic rings. The van der Waals surface area contributed by atoms with Gasteiger partial charge >= 0.3 is 0 Å². The Bertz CT molecular complexity index is 1220. The molecule has 0 heterocycles. The summed E-state index contributed by atoms with van der Waals surface area (Å²) in [5.74, 6) is -0.399. The highest BCUT2D eigenvalue weighted by Gasteiger charge is 2.28. The molecule has 0 radical (unpaired) electrons. The van der Waals surface area contributed by atoms with Crippen molar-refractivity contribution in [1.82, 2.24) is 0 Å². The van der Waals surface area contributed by atoms with E-state index in [1.807, 2.05) is 65.0 Å². The van der Waals surface area contributed by atoms with Gasteiger partial charge in [-0.3, -0.25) is 9.10 Å². The number of hydrogen-bond donors (Lipinski definition) is 1. The highest BCUT2D eigenvalue weighted by atomic mass is 32.2. The van der Waals surface area contributed by atoms with Crippen LogP contribution in [0.2, 0.25) is 0 Å². The number of amides is 1. The van der Waals surface area contributed by atoms with Crippen LogP contribution in [0.25, 0.3) is 0 Å². The molecule has 0 aromatic heterocycles. The lowest BCUT2D eigenvalue weighted by Gasteiger charge is -2.26. The maximum absolute atomic E-state index is 13.5. The third-order valence-corrected chi connectivity index (χ3v) is 6.96. The Hall–Kier alpha value is -3.12. The number of nitrogens with one attached hydrogen (secondary N) is 1. The standard InChI is InChI=1S/C25H28N2O3S/c1-17-7-11-22(12-8-17)31(29,30)27(24-13-9-18(2)14-21(24)5)16-25(28)26-23-15-19(3)6-10-20(23)4/h6-15H,16H2,1-5H3,(H,26,28). The van der Waals surface area contributed by atoms with Gasteiger partial charge in [0, 0.05) is 5.69 Å². The second-order valence-corrected chi connectivity index (χ2v) is 9.84. The predicted octanol–water partition coefficient (Wildman–Crippen LogP) is 5.06. The highest BCUT2D eigenvalue weighted by Crippen LogP contribution is 2.28. The van der Waals surface area contributed by atoms with E-state index < -0.39 is 15.9 Å². The van der Waals surface area contributed by atoms with Gasteiger partial charge in [-0.2, -0.15) is 0 Å². The zero-order chi connectivity index (χ0) is 22.8. The molecule has 6 heteroatoms. The Morgan fingerprint density at radius 3 is 2.00 bits per heavy atom. The molecular formula is C25H28N2O3S. The lowest BCUT2D eigenvalue weighted by molar-refractivity contribution is -0.114. The molecule has 0 bridgehead atoms. The molecule has 0 fully saturated rings. The lowest BCUT2D eigenvalue weighted by atomic mass is 10.1. The number of rotatable bonds is 6. The molecule has 1 amide bonds. The molecule has 0 aliphatic heterocycles. The number of carbonyl (C=O) groups excluding carboxylic acids is 1. The predicted molar refractivity (Wildman–Crippen MR) is 126 cm³/mol. The number of sulfonamides is 1. The fraction of sp³-hybridized carbons (Fsp3) is 0.240. The molecule has 5 nitrogen and oxygen atoms in total. The molecule has 0 aliphatic carbocycles. The van der Waals surface area contributed by atoms with Crippen molar-refractivity contribution in [3.8, 4) is 0 Å². The Morgan fingerprint density at radius 1 is 0.774 bits per heavy atom. The summed E-state index contributed by atoms with van der Waals surface area (Å²) < 4.78 is 28.3. The second kappa shape index (κ2) is 8.94. The van der Waals surface area contributed by atoms with Crippen LogP contribution >= 0.6 is 0 Å². The summed E-state index contributed by atoms with van der Waals surface area (Å²) in [6.45, 7) is 9.22. The lowest BCUT2D eigenvalue weighted by Crippen LogP contribution is -2.38. The van der Waals surface area contributed by atoms with Crippen LogP contribution in [-0.4, -0.2) is 20.9 Å². The van der Waals surface area contributed by atoms with Crippen LogP contribution in [0.15, 0.2) is 65.6 Å². The van der Waals surface area contributed by atoms with Crippen molar-refractivity contribution < 1.29 is 13.2 Å². The van der Waals surface area contributed by atoms with Crippen molar-refractivity contribution in [2.75, 3.05) is 16.2 Å². The molecule has 3 aromatic carbocycles. The molecule has 0 spiro atoms. The van der Waals surface area contributed by atoms with E-state index in [4.69, 9.17) is 0 Å². The largest absolute Gasteiger partial charge is 0.324 e. The third-order valence-electron chi connectivity index (χ3n) is 5.18. The first-order valence-corrected chi connectivity index (χ1v) is 11.6. The molecular weight excluding hydrogens is 408 g/mol. The topological polar surface area (TPSA) is 66.5 Å². The SMILES string of the molecule is Cc1ccc(S(=O)(=O)N(CC(=O)Nc2cc(C)ccc2C)c2ccc(C)cc2C)cc1. The molecule has 0 aliphatic rings. The van der Waals surface area contributed by atoms with Gasteiger partial charge in [0.05, 0.1) is 10.6 Å². The molecule has 3 rings (SSSR count). The van der Waals surface area contributed by atoms with Crippen LogP contribution in [0.5, 0.6) is 0 Å². The smallest absolute Gasteiger partial charge is 0.264 e. The molecule has 0 unspecified atom stereocenters. The first-order valence-electron chi connectivity index (χ1n) is 10.1. The summed E-state index contributed by atoms with van der Waals surface area (Å²) >= 11 is 0. The van der Waals surface area contributed by atoms with Gasteiger partial charge in [-0.1, -0.05) is 47.5 Å². The summed E-state index contributed by atoms with van der Waals surface area (Å²) in [5, 5.41) is 2.87. The normalized spacial score (nSPS) is 11.3. The Morgan fingerprint density at radius 2 is 1.35 bits per heavy atom. The van der Waals surface area contributed by atoms with Gasteiger partial charge in [-0.25, -0.2) is 8.42 Å². The van der Waals surface area contributed by atoms with Crippen LogP contribution < -0.4 is 9.62 Å². The van der Waals surface area contributed by atoms with E-state index in [0.29, 0.717) is 11.4 Å². The summed E-state index contributed by atoms with van der Waals surface area (Å²) in [7, 11) is -3.94. The number of anilines is 2. The Kier molecular flexibility index (Phi) is 6.51. The number of benzene rings is 3. The van der Waals surface area contributed by atoms with Crippen molar-refractivity contribution in [3.63, 3.8) is 0 Å². The molecule has 0 saturated carbocycles. The third kappa shape index (κ3) is 5.14. The molecule has 31 heavy (non-hydrogen) atoms. The molecule has 0 atom stereocenters. The van der Waals surface area contributed by atoms with Gasteiger partial charge in [-0.05, 0) is 75.6 Å². The molecule has 1 N–H and O–H groups in total. The zero-order valence-corrected chi connectivity index (χ0v) is 19.4. The van der Waals surface area contributed by atoms with E-state index in [9.17, 15) is 13.2 Å². The van der Waals surface area contributed by atoms with E-state index in [1.165, 1.54) is 4.31 Å². The average molecular weight is 437 g/mol. The summed E-state index contributed by atoms with van der Waals surface area (Å²) in [6.07, 6.45) is 0. The van der Waals surface area contributed by atoms with Gasteiger partial charge in [0.2, 0.25) is 5.91 Å². The van der Waals surface area contributed by atoms with Crippen molar-refractivity contribution >= 4 is 27.3 Å². The van der Waals surface area contributed by atoms with Gasteiger partial charge in [0.15, 0.2) is 0 Å². The van der Waals surface area contributed by atoms with Crippen LogP contribution in [0, 0.1) is 34.6 Å². The fourth-order valence-electron chi connectivity index (χ4n) is 3.41. The minimum Gasteiger partial charge on any atom is -0.324 e.